The van der Waals surface area contributed by atoms with Gasteiger partial charge in [0.1, 0.15) is 11.5 Å². The molecule has 1 aliphatic heterocycles. The van der Waals surface area contributed by atoms with Crippen molar-refractivity contribution in [3.05, 3.63) is 53.1 Å². The van der Waals surface area contributed by atoms with Crippen LogP contribution < -0.4 is 14.8 Å². The fourth-order valence-electron chi connectivity index (χ4n) is 3.60. The monoisotopic (exact) mass is 402 g/mol. The van der Waals surface area contributed by atoms with E-state index in [-0.39, 0.29) is 17.9 Å². The van der Waals surface area contributed by atoms with Gasteiger partial charge in [-0.1, -0.05) is 41.9 Å². The molecule has 1 saturated heterocycles. The third-order valence-electron chi connectivity index (χ3n) is 5.07. The lowest BCUT2D eigenvalue weighted by Crippen LogP contribution is -2.44. The lowest BCUT2D eigenvalue weighted by atomic mass is 9.84. The Balaban J connectivity index is 1.90. The Bertz CT molecular complexity index is 872. The Morgan fingerprint density at radius 2 is 1.82 bits per heavy atom. The van der Waals surface area contributed by atoms with Crippen LogP contribution in [0, 0.1) is 5.92 Å². The summed E-state index contributed by atoms with van der Waals surface area (Å²) in [5, 5.41) is 3.29. The van der Waals surface area contributed by atoms with E-state index in [2.05, 4.69) is 5.32 Å². The largest absolute Gasteiger partial charge is 0.495 e. The first kappa shape index (κ1) is 20.0. The normalized spacial score (nSPS) is 19.3. The number of anilines is 1. The van der Waals surface area contributed by atoms with Crippen molar-refractivity contribution in [3.63, 3.8) is 0 Å². The van der Waals surface area contributed by atoms with Crippen LogP contribution >= 0.6 is 11.6 Å². The van der Waals surface area contributed by atoms with Crippen molar-refractivity contribution < 1.29 is 19.1 Å². The minimum Gasteiger partial charge on any atom is -0.495 e. The summed E-state index contributed by atoms with van der Waals surface area (Å²) in [6.07, 6.45) is 0.805. The number of halogens is 1. The third-order valence-corrected chi connectivity index (χ3v) is 5.37. The van der Waals surface area contributed by atoms with E-state index in [1.807, 2.05) is 30.3 Å². The molecule has 1 heterocycles. The van der Waals surface area contributed by atoms with E-state index in [0.29, 0.717) is 35.1 Å². The molecule has 1 fully saturated rings. The van der Waals surface area contributed by atoms with Crippen LogP contribution in [0.15, 0.2) is 42.5 Å². The van der Waals surface area contributed by atoms with Crippen LogP contribution in [0.25, 0.3) is 0 Å². The minimum atomic E-state index is -0.393. The molecule has 3 rings (SSSR count). The number of benzene rings is 2. The molecule has 1 N–H and O–H groups in total. The molecule has 0 aliphatic carbocycles. The number of nitrogens with zero attached hydrogens (tertiary/aromatic N) is 1. The van der Waals surface area contributed by atoms with Crippen molar-refractivity contribution in [2.24, 2.45) is 5.92 Å². The van der Waals surface area contributed by atoms with Gasteiger partial charge in [0, 0.05) is 19.5 Å². The van der Waals surface area contributed by atoms with Crippen LogP contribution in [0.4, 0.5) is 5.69 Å². The smallest absolute Gasteiger partial charge is 0.230 e. The Labute approximate surface area is 169 Å². The number of likely N-dealkylation sites (tertiary alicyclic amines) is 1. The highest BCUT2D eigenvalue weighted by Gasteiger charge is 2.39. The highest BCUT2D eigenvalue weighted by Crippen LogP contribution is 2.39. The zero-order chi connectivity index (χ0) is 20.3. The van der Waals surface area contributed by atoms with Crippen LogP contribution in [0.5, 0.6) is 11.5 Å². The number of hydrogen-bond acceptors (Lipinski definition) is 4. The van der Waals surface area contributed by atoms with Crippen LogP contribution in [-0.4, -0.2) is 38.0 Å². The van der Waals surface area contributed by atoms with Gasteiger partial charge in [0.2, 0.25) is 11.8 Å². The molecule has 0 bridgehead atoms. The molecule has 0 radical (unpaired) electrons. The quantitative estimate of drug-likeness (QED) is 0.823. The molecule has 2 atom stereocenters. The average molecular weight is 403 g/mol. The maximum absolute atomic E-state index is 13.2. The summed E-state index contributed by atoms with van der Waals surface area (Å²) < 4.78 is 10.6. The van der Waals surface area contributed by atoms with E-state index in [1.165, 1.54) is 14.2 Å². The second kappa shape index (κ2) is 8.52. The number of carbonyl (C=O) groups excluding carboxylic acids is 2. The van der Waals surface area contributed by atoms with Crippen molar-refractivity contribution in [1.29, 1.82) is 0 Å². The average Bonchev–Trinajstić information content (AvgIpc) is 2.70. The summed E-state index contributed by atoms with van der Waals surface area (Å²) in [7, 11) is 4.76. The number of ether oxygens (including phenoxy) is 2. The number of carbonyl (C=O) groups is 2. The molecule has 1 aliphatic rings. The lowest BCUT2D eigenvalue weighted by molar-refractivity contribution is -0.140. The van der Waals surface area contributed by atoms with Gasteiger partial charge in [0.15, 0.2) is 0 Å². The lowest BCUT2D eigenvalue weighted by Gasteiger charge is -2.38. The minimum absolute atomic E-state index is 0.0305. The second-order valence-corrected chi connectivity index (χ2v) is 7.09. The second-order valence-electron chi connectivity index (χ2n) is 6.68. The van der Waals surface area contributed by atoms with Crippen molar-refractivity contribution >= 4 is 29.1 Å². The standard InChI is InChI=1S/C21H23ClN2O4/c1-24-19(25)10-9-14(20(24)13-7-5-4-6-8-13)21(26)23-16-11-15(22)17(27-2)12-18(16)28-3/h4-8,11-12,14,20H,9-10H2,1-3H3,(H,23,26). The maximum Gasteiger partial charge on any atom is 0.230 e. The topological polar surface area (TPSA) is 67.9 Å². The van der Waals surface area contributed by atoms with Gasteiger partial charge in [-0.15, -0.1) is 0 Å². The van der Waals surface area contributed by atoms with E-state index in [9.17, 15) is 9.59 Å². The summed E-state index contributed by atoms with van der Waals surface area (Å²) >= 11 is 6.21. The first-order chi connectivity index (χ1) is 13.5. The van der Waals surface area contributed by atoms with Crippen molar-refractivity contribution in [2.45, 2.75) is 18.9 Å². The molecule has 148 valence electrons. The number of nitrogens with one attached hydrogen (secondary N) is 1. The molecule has 6 nitrogen and oxygen atoms in total. The first-order valence-electron chi connectivity index (χ1n) is 8.99. The van der Waals surface area contributed by atoms with E-state index >= 15 is 0 Å². The van der Waals surface area contributed by atoms with Gasteiger partial charge >= 0.3 is 0 Å². The fraction of sp³-hybridized carbons (Fsp3) is 0.333. The zero-order valence-electron chi connectivity index (χ0n) is 16.1. The maximum atomic E-state index is 13.2. The Morgan fingerprint density at radius 3 is 2.46 bits per heavy atom. The molecule has 7 heteroatoms. The number of hydrogen-bond donors (Lipinski definition) is 1. The van der Waals surface area contributed by atoms with Crippen molar-refractivity contribution in [2.75, 3.05) is 26.6 Å². The predicted molar refractivity (Wildman–Crippen MR) is 108 cm³/mol. The predicted octanol–water partition coefficient (Wildman–Crippen LogP) is 3.91. The summed E-state index contributed by atoms with van der Waals surface area (Å²) in [6, 6.07) is 12.5. The summed E-state index contributed by atoms with van der Waals surface area (Å²) in [5.74, 6) is 0.360. The number of rotatable bonds is 5. The van der Waals surface area contributed by atoms with Crippen LogP contribution in [0.2, 0.25) is 5.02 Å². The van der Waals surface area contributed by atoms with Crippen molar-refractivity contribution in [3.8, 4) is 11.5 Å². The SMILES string of the molecule is COc1cc(OC)c(NC(=O)C2CCC(=O)N(C)C2c2ccccc2)cc1Cl. The van der Waals surface area contributed by atoms with Crippen LogP contribution in [0.3, 0.4) is 0 Å². The molecule has 2 aromatic carbocycles. The van der Waals surface area contributed by atoms with Crippen LogP contribution in [-0.2, 0) is 9.59 Å². The summed E-state index contributed by atoms with van der Waals surface area (Å²) in [4.78, 5) is 27.1. The molecule has 2 unspecified atom stereocenters. The molecule has 0 aromatic heterocycles. The third kappa shape index (κ3) is 3.92. The van der Waals surface area contributed by atoms with E-state index in [1.54, 1.807) is 24.1 Å². The van der Waals surface area contributed by atoms with Gasteiger partial charge in [0.25, 0.3) is 0 Å². The Kier molecular flexibility index (Phi) is 6.09. The Hall–Kier alpha value is -2.73. The highest BCUT2D eigenvalue weighted by atomic mass is 35.5. The fourth-order valence-corrected chi connectivity index (χ4v) is 3.84. The van der Waals surface area contributed by atoms with Gasteiger partial charge in [-0.25, -0.2) is 0 Å². The van der Waals surface area contributed by atoms with Gasteiger partial charge in [-0.3, -0.25) is 9.59 Å². The van der Waals surface area contributed by atoms with Gasteiger partial charge in [-0.2, -0.15) is 0 Å². The molecular weight excluding hydrogens is 380 g/mol. The Morgan fingerprint density at radius 1 is 1.14 bits per heavy atom. The van der Waals surface area contributed by atoms with Crippen LogP contribution in [0.1, 0.15) is 24.4 Å². The zero-order valence-corrected chi connectivity index (χ0v) is 16.8. The van der Waals surface area contributed by atoms with E-state index in [0.717, 1.165) is 5.56 Å². The van der Waals surface area contributed by atoms with Crippen molar-refractivity contribution in [1.82, 2.24) is 4.90 Å². The molecule has 2 aromatic rings. The highest BCUT2D eigenvalue weighted by molar-refractivity contribution is 6.32. The first-order valence-corrected chi connectivity index (χ1v) is 9.37. The summed E-state index contributed by atoms with van der Waals surface area (Å²) in [5.41, 5.74) is 1.39. The summed E-state index contributed by atoms with van der Waals surface area (Å²) in [6.45, 7) is 0. The number of piperidine rings is 1. The number of amides is 2. The van der Waals surface area contributed by atoms with Gasteiger partial charge in [-0.05, 0) is 18.1 Å². The van der Waals surface area contributed by atoms with E-state index in [4.69, 9.17) is 21.1 Å². The molecule has 0 spiro atoms. The molecule has 2 amide bonds. The molecule has 0 saturated carbocycles. The van der Waals surface area contributed by atoms with Gasteiger partial charge in [0.05, 0.1) is 36.9 Å². The number of methoxy groups -OCH3 is 2. The molecule has 28 heavy (non-hydrogen) atoms. The van der Waals surface area contributed by atoms with E-state index < -0.39 is 5.92 Å². The van der Waals surface area contributed by atoms with Gasteiger partial charge < -0.3 is 19.7 Å². The molecular formula is C21H23ClN2O4.